The highest BCUT2D eigenvalue weighted by atomic mass is 32.2. The molecule has 1 aromatic heterocycles. The summed E-state index contributed by atoms with van der Waals surface area (Å²) in [5.74, 6) is 5.90. The fourth-order valence-corrected chi connectivity index (χ4v) is 5.69. The molecule has 36 heavy (non-hydrogen) atoms. The van der Waals surface area contributed by atoms with E-state index in [1.54, 1.807) is 54.4 Å². The second kappa shape index (κ2) is 11.8. The van der Waals surface area contributed by atoms with Crippen molar-refractivity contribution in [2.75, 3.05) is 47.4 Å². The molecular weight excluding hydrogens is 480 g/mol. The Morgan fingerprint density at radius 2 is 1.97 bits per heavy atom. The van der Waals surface area contributed by atoms with Crippen LogP contribution in [0.15, 0.2) is 47.6 Å². The summed E-state index contributed by atoms with van der Waals surface area (Å²) in [4.78, 5) is 20.0. The van der Waals surface area contributed by atoms with Crippen molar-refractivity contribution in [1.29, 1.82) is 0 Å². The molecule has 0 saturated carbocycles. The number of hydrogen-bond donors (Lipinski definition) is 1. The second-order valence-electron chi connectivity index (χ2n) is 9.41. The average Bonchev–Trinajstić information content (AvgIpc) is 2.84. The molecule has 0 fully saturated rings. The van der Waals surface area contributed by atoms with Gasteiger partial charge < -0.3 is 19.6 Å². The molecule has 1 aliphatic heterocycles. The molecule has 0 saturated heterocycles. The van der Waals surface area contributed by atoms with Crippen molar-refractivity contribution in [3.05, 3.63) is 53.9 Å². The lowest BCUT2D eigenvalue weighted by molar-refractivity contribution is -0.132. The highest BCUT2D eigenvalue weighted by Gasteiger charge is 2.38. The minimum absolute atomic E-state index is 0.00824. The molecule has 1 amide bonds. The molecule has 10 heteroatoms. The van der Waals surface area contributed by atoms with Crippen molar-refractivity contribution in [2.24, 2.45) is 5.92 Å². The molecule has 9 nitrogen and oxygen atoms in total. The van der Waals surface area contributed by atoms with Crippen LogP contribution in [0.25, 0.3) is 0 Å². The highest BCUT2D eigenvalue weighted by Crippen LogP contribution is 2.34. The number of benzene rings is 1. The molecule has 194 valence electrons. The molecule has 3 rings (SSSR count). The minimum Gasteiger partial charge on any atom is -0.487 e. The van der Waals surface area contributed by atoms with Crippen LogP contribution in [0.2, 0.25) is 0 Å². The van der Waals surface area contributed by atoms with Crippen molar-refractivity contribution < 1.29 is 23.1 Å². The van der Waals surface area contributed by atoms with Gasteiger partial charge in [-0.1, -0.05) is 18.8 Å². The number of aromatic nitrogens is 1. The Kier molecular flexibility index (Phi) is 9.08. The molecule has 3 atom stereocenters. The van der Waals surface area contributed by atoms with E-state index in [1.807, 2.05) is 27.1 Å². The van der Waals surface area contributed by atoms with Gasteiger partial charge in [-0.2, -0.15) is 4.31 Å². The van der Waals surface area contributed by atoms with Gasteiger partial charge in [-0.15, -0.1) is 0 Å². The fourth-order valence-electron chi connectivity index (χ4n) is 3.87. The molecule has 2 heterocycles. The van der Waals surface area contributed by atoms with Crippen molar-refractivity contribution >= 4 is 15.9 Å². The lowest BCUT2D eigenvalue weighted by atomic mass is 10.0. The lowest BCUT2D eigenvalue weighted by Crippen LogP contribution is -2.50. The number of pyridine rings is 1. The monoisotopic (exact) mass is 514 g/mol. The molecule has 1 aromatic carbocycles. The van der Waals surface area contributed by atoms with E-state index in [1.165, 1.54) is 10.4 Å². The number of ether oxygens (including phenoxy) is 1. The van der Waals surface area contributed by atoms with Crippen LogP contribution in [0.5, 0.6) is 5.75 Å². The number of aliphatic hydroxyl groups is 1. The Labute approximate surface area is 213 Å². The summed E-state index contributed by atoms with van der Waals surface area (Å²) in [7, 11) is 1.41. The number of aliphatic hydroxyl groups excluding tert-OH is 1. The summed E-state index contributed by atoms with van der Waals surface area (Å²) in [6.07, 6.45) is 2.83. The summed E-state index contributed by atoms with van der Waals surface area (Å²) < 4.78 is 34.8. The van der Waals surface area contributed by atoms with Gasteiger partial charge in [0, 0.05) is 49.1 Å². The fraction of sp³-hybridized carbons (Fsp3) is 0.462. The van der Waals surface area contributed by atoms with Gasteiger partial charge in [0.15, 0.2) is 0 Å². The third-order valence-corrected chi connectivity index (χ3v) is 8.03. The zero-order valence-corrected chi connectivity index (χ0v) is 22.2. The Morgan fingerprint density at radius 3 is 2.61 bits per heavy atom. The summed E-state index contributed by atoms with van der Waals surface area (Å²) in [6, 6.07) is 7.74. The number of sulfonamides is 1. The first-order valence-electron chi connectivity index (χ1n) is 11.8. The second-order valence-corrected chi connectivity index (χ2v) is 11.3. The van der Waals surface area contributed by atoms with Gasteiger partial charge in [0.2, 0.25) is 15.9 Å². The number of hydrogen-bond acceptors (Lipinski definition) is 7. The van der Waals surface area contributed by atoms with Crippen molar-refractivity contribution in [3.8, 4) is 17.6 Å². The van der Waals surface area contributed by atoms with Crippen molar-refractivity contribution in [1.82, 2.24) is 19.1 Å². The summed E-state index contributed by atoms with van der Waals surface area (Å²) in [5, 5.41) is 9.79. The Balaban J connectivity index is 2.03. The van der Waals surface area contributed by atoms with Crippen LogP contribution in [0.3, 0.4) is 0 Å². The maximum absolute atomic E-state index is 13.6. The number of likely N-dealkylation sites (N-methyl/N-ethyl adjacent to an activating group) is 2. The molecule has 0 spiro atoms. The summed E-state index contributed by atoms with van der Waals surface area (Å²) in [6.45, 7) is 3.92. The number of amides is 1. The first kappa shape index (κ1) is 27.6. The first-order valence-corrected chi connectivity index (χ1v) is 13.2. The van der Waals surface area contributed by atoms with Crippen molar-refractivity contribution in [3.63, 3.8) is 0 Å². The molecule has 2 aromatic rings. The van der Waals surface area contributed by atoms with Crippen LogP contribution < -0.4 is 4.74 Å². The smallest absolute Gasteiger partial charge is 0.247 e. The SMILES string of the molecule is C[C@H]1CN([C@@H](C)CO)S(=O)(=O)c2ccc(C#Cc3cccnc3)cc2O[C@H]1CN(C)C(=O)CN(C)C. The number of rotatable bonds is 6. The van der Waals surface area contributed by atoms with E-state index in [0.29, 0.717) is 5.56 Å². The zero-order valence-electron chi connectivity index (χ0n) is 21.4. The largest absolute Gasteiger partial charge is 0.487 e. The Bertz CT molecular complexity index is 1220. The normalized spacial score (nSPS) is 20.2. The van der Waals surface area contributed by atoms with E-state index in [0.717, 1.165) is 5.56 Å². The molecule has 1 aliphatic rings. The van der Waals surface area contributed by atoms with Gasteiger partial charge in [0.1, 0.15) is 16.7 Å². The van der Waals surface area contributed by atoms with Gasteiger partial charge in [-0.3, -0.25) is 9.78 Å². The molecule has 0 unspecified atom stereocenters. The van der Waals surface area contributed by atoms with E-state index in [4.69, 9.17) is 4.74 Å². The van der Waals surface area contributed by atoms with Crippen molar-refractivity contribution in [2.45, 2.75) is 30.9 Å². The van der Waals surface area contributed by atoms with Gasteiger partial charge in [0.05, 0.1) is 19.7 Å². The first-order chi connectivity index (χ1) is 17.0. The lowest BCUT2D eigenvalue weighted by Gasteiger charge is -2.37. The summed E-state index contributed by atoms with van der Waals surface area (Å²) >= 11 is 0. The van der Waals surface area contributed by atoms with Gasteiger partial charge in [-0.05, 0) is 51.4 Å². The van der Waals surface area contributed by atoms with Gasteiger partial charge >= 0.3 is 0 Å². The van der Waals surface area contributed by atoms with Crippen LogP contribution in [-0.2, 0) is 14.8 Å². The molecular formula is C26H34N4O5S. The number of nitrogens with zero attached hydrogens (tertiary/aromatic N) is 4. The Morgan fingerprint density at radius 1 is 1.25 bits per heavy atom. The van der Waals surface area contributed by atoms with Crippen LogP contribution in [0.1, 0.15) is 25.0 Å². The summed E-state index contributed by atoms with van der Waals surface area (Å²) in [5.41, 5.74) is 1.31. The number of carbonyl (C=O) groups is 1. The zero-order chi connectivity index (χ0) is 26.5. The highest BCUT2D eigenvalue weighted by molar-refractivity contribution is 7.89. The van der Waals surface area contributed by atoms with Gasteiger partial charge in [-0.25, -0.2) is 8.42 Å². The van der Waals surface area contributed by atoms with Crippen LogP contribution in [0, 0.1) is 17.8 Å². The van der Waals surface area contributed by atoms with E-state index in [2.05, 4.69) is 16.8 Å². The molecule has 0 radical (unpaired) electrons. The third kappa shape index (κ3) is 6.62. The van der Waals surface area contributed by atoms with E-state index in [9.17, 15) is 18.3 Å². The molecule has 1 N–H and O–H groups in total. The molecule has 0 bridgehead atoms. The maximum Gasteiger partial charge on any atom is 0.247 e. The standard InChI is InChI=1S/C26H34N4O5S/c1-19-15-30(20(2)18-31)36(33,34)25-11-10-21(8-9-22-7-6-12-27-14-22)13-23(25)35-24(19)16-29(5)26(32)17-28(3)4/h6-7,10-14,19-20,24,31H,15-18H2,1-5H3/t19-,20-,24-/m0/s1. The average molecular weight is 515 g/mol. The van der Waals surface area contributed by atoms with Crippen LogP contribution >= 0.6 is 0 Å². The predicted octanol–water partition coefficient (Wildman–Crippen LogP) is 1.27. The van der Waals surface area contributed by atoms with E-state index in [-0.39, 0.29) is 48.7 Å². The maximum atomic E-state index is 13.6. The minimum atomic E-state index is -3.95. The predicted molar refractivity (Wildman–Crippen MR) is 137 cm³/mol. The Hall–Kier alpha value is -2.97. The van der Waals surface area contributed by atoms with E-state index >= 15 is 0 Å². The topological polar surface area (TPSA) is 103 Å². The molecule has 0 aliphatic carbocycles. The number of fused-ring (bicyclic) bond motifs is 1. The quantitative estimate of drug-likeness (QED) is 0.579. The van der Waals surface area contributed by atoms with Crippen LogP contribution in [0.4, 0.5) is 0 Å². The number of carbonyl (C=O) groups excluding carboxylic acids is 1. The third-order valence-electron chi connectivity index (χ3n) is 6.01. The van der Waals surface area contributed by atoms with Gasteiger partial charge in [0.25, 0.3) is 0 Å². The van der Waals surface area contributed by atoms with Crippen LogP contribution in [-0.4, -0.2) is 98.1 Å². The van der Waals surface area contributed by atoms with E-state index < -0.39 is 22.2 Å².